The van der Waals surface area contributed by atoms with E-state index in [9.17, 15) is 13.2 Å². The molecule has 2 fully saturated rings. The van der Waals surface area contributed by atoms with Crippen LogP contribution < -0.4 is 5.32 Å². The highest BCUT2D eigenvalue weighted by atomic mass is 32.2. The van der Waals surface area contributed by atoms with Gasteiger partial charge < -0.3 is 9.88 Å². The number of fused-ring (bicyclic) bond motifs is 1. The molecule has 0 spiro atoms. The van der Waals surface area contributed by atoms with E-state index in [1.165, 1.54) is 12.8 Å². The number of piperidine rings is 1. The minimum Gasteiger partial charge on any atom is -0.353 e. The predicted octanol–water partition coefficient (Wildman–Crippen LogP) is 4.39. The van der Waals surface area contributed by atoms with Crippen molar-refractivity contribution in [3.05, 3.63) is 30.5 Å². The van der Waals surface area contributed by atoms with Crippen molar-refractivity contribution in [2.75, 3.05) is 13.1 Å². The van der Waals surface area contributed by atoms with Crippen LogP contribution in [0.4, 0.5) is 0 Å². The summed E-state index contributed by atoms with van der Waals surface area (Å²) >= 11 is 0. The van der Waals surface area contributed by atoms with Crippen molar-refractivity contribution in [2.24, 2.45) is 17.8 Å². The number of carbonyl (C=O) groups excluding carboxylic acids is 1. The molecule has 1 aromatic carbocycles. The van der Waals surface area contributed by atoms with Crippen molar-refractivity contribution in [1.82, 2.24) is 14.2 Å². The lowest BCUT2D eigenvalue weighted by Gasteiger charge is -2.34. The molecule has 1 aliphatic heterocycles. The fourth-order valence-electron chi connectivity index (χ4n) is 5.19. The molecule has 32 heavy (non-hydrogen) atoms. The summed E-state index contributed by atoms with van der Waals surface area (Å²) in [5.41, 5.74) is 0.962. The minimum atomic E-state index is -3.46. The van der Waals surface area contributed by atoms with Gasteiger partial charge in [-0.05, 0) is 61.3 Å². The van der Waals surface area contributed by atoms with Crippen LogP contribution in [0.5, 0.6) is 0 Å². The molecule has 1 aliphatic carbocycles. The van der Waals surface area contributed by atoms with Crippen molar-refractivity contribution in [3.63, 3.8) is 0 Å². The first-order valence-corrected chi connectivity index (χ1v) is 13.6. The van der Waals surface area contributed by atoms with Crippen molar-refractivity contribution in [1.29, 1.82) is 0 Å². The number of sulfonamides is 1. The van der Waals surface area contributed by atoms with E-state index in [0.717, 1.165) is 30.2 Å². The Hall–Kier alpha value is -1.86. The Kier molecular flexibility index (Phi) is 6.96. The van der Waals surface area contributed by atoms with Crippen LogP contribution in [0.3, 0.4) is 0 Å². The molecule has 4 rings (SSSR count). The molecule has 2 aromatic rings. The minimum absolute atomic E-state index is 0.0938. The summed E-state index contributed by atoms with van der Waals surface area (Å²) in [7, 11) is -3.46. The van der Waals surface area contributed by atoms with Crippen LogP contribution in [0.1, 0.15) is 59.3 Å². The van der Waals surface area contributed by atoms with Gasteiger partial charge in [-0.25, -0.2) is 8.42 Å². The monoisotopic (exact) mass is 459 g/mol. The Morgan fingerprint density at radius 2 is 1.81 bits per heavy atom. The third-order valence-corrected chi connectivity index (χ3v) is 9.65. The molecule has 1 aromatic heterocycles. The normalized spacial score (nSPS) is 25.8. The molecule has 6 nitrogen and oxygen atoms in total. The molecule has 1 N–H and O–H groups in total. The molecule has 2 heterocycles. The van der Waals surface area contributed by atoms with Gasteiger partial charge >= 0.3 is 0 Å². The average molecular weight is 460 g/mol. The van der Waals surface area contributed by atoms with E-state index in [-0.39, 0.29) is 11.9 Å². The predicted molar refractivity (Wildman–Crippen MR) is 128 cm³/mol. The number of hydrogen-bond acceptors (Lipinski definition) is 3. The van der Waals surface area contributed by atoms with Gasteiger partial charge in [0, 0.05) is 49.2 Å². The number of nitrogens with zero attached hydrogens (tertiary/aromatic N) is 2. The standard InChI is InChI=1S/C25H37N3O3S/c1-18-9-15-28(16-10-18)32(30,31)22-7-8-24-21(17-22)11-13-27(24)14-12-25(29)26-23-6-4-5-19(2)20(23)3/h7-8,11,13,17-20,23H,4-6,9-10,12,14-16H2,1-3H3,(H,26,29). The summed E-state index contributed by atoms with van der Waals surface area (Å²) < 4.78 is 29.8. The third kappa shape index (κ3) is 4.88. The zero-order chi connectivity index (χ0) is 22.9. The topological polar surface area (TPSA) is 71.4 Å². The molecule has 1 saturated heterocycles. The zero-order valence-electron chi connectivity index (χ0n) is 19.6. The first kappa shape index (κ1) is 23.3. The molecule has 7 heteroatoms. The van der Waals surface area contributed by atoms with E-state index in [0.29, 0.717) is 48.7 Å². The maximum atomic E-state index is 13.1. The summed E-state index contributed by atoms with van der Waals surface area (Å²) in [6, 6.07) is 7.56. The third-order valence-electron chi connectivity index (χ3n) is 7.76. The number of benzene rings is 1. The Labute approximate surface area is 192 Å². The van der Waals surface area contributed by atoms with Gasteiger partial charge in [-0.15, -0.1) is 0 Å². The second-order valence-electron chi connectivity index (χ2n) is 10.0. The Morgan fingerprint density at radius 1 is 1.06 bits per heavy atom. The van der Waals surface area contributed by atoms with E-state index in [1.54, 1.807) is 16.4 Å². The largest absolute Gasteiger partial charge is 0.353 e. The lowest BCUT2D eigenvalue weighted by atomic mass is 9.78. The number of aromatic nitrogens is 1. The smallest absolute Gasteiger partial charge is 0.243 e. The van der Waals surface area contributed by atoms with E-state index >= 15 is 0 Å². The van der Waals surface area contributed by atoms with Gasteiger partial charge in [-0.2, -0.15) is 4.31 Å². The van der Waals surface area contributed by atoms with Crippen molar-refractivity contribution < 1.29 is 13.2 Å². The molecule has 176 valence electrons. The molecular weight excluding hydrogens is 422 g/mol. The first-order chi connectivity index (χ1) is 15.3. The number of nitrogens with one attached hydrogen (secondary N) is 1. The van der Waals surface area contributed by atoms with Crippen LogP contribution in [0.15, 0.2) is 35.4 Å². The van der Waals surface area contributed by atoms with E-state index in [1.807, 2.05) is 22.9 Å². The first-order valence-electron chi connectivity index (χ1n) is 12.1. The Bertz CT molecular complexity index is 1050. The maximum absolute atomic E-state index is 13.1. The van der Waals surface area contributed by atoms with E-state index in [4.69, 9.17) is 0 Å². The molecule has 0 bridgehead atoms. The fraction of sp³-hybridized carbons (Fsp3) is 0.640. The summed E-state index contributed by atoms with van der Waals surface area (Å²) in [5.74, 6) is 1.85. The summed E-state index contributed by atoms with van der Waals surface area (Å²) in [4.78, 5) is 12.9. The van der Waals surface area contributed by atoms with Crippen molar-refractivity contribution in [2.45, 2.75) is 76.8 Å². The van der Waals surface area contributed by atoms with Crippen LogP contribution in [0, 0.1) is 17.8 Å². The number of hydrogen-bond donors (Lipinski definition) is 1. The van der Waals surface area contributed by atoms with Gasteiger partial charge in [0.15, 0.2) is 0 Å². The van der Waals surface area contributed by atoms with Gasteiger partial charge in [0.05, 0.1) is 4.90 Å². The fourth-order valence-corrected chi connectivity index (χ4v) is 6.70. The molecule has 0 radical (unpaired) electrons. The molecule has 2 aliphatic rings. The van der Waals surface area contributed by atoms with Crippen LogP contribution in [-0.4, -0.2) is 42.3 Å². The quantitative estimate of drug-likeness (QED) is 0.696. The van der Waals surface area contributed by atoms with Crippen molar-refractivity contribution in [3.8, 4) is 0 Å². The number of carbonyl (C=O) groups is 1. The van der Waals surface area contributed by atoms with Gasteiger partial charge in [0.1, 0.15) is 0 Å². The number of amides is 1. The second-order valence-corrected chi connectivity index (χ2v) is 11.9. The average Bonchev–Trinajstić information content (AvgIpc) is 3.18. The van der Waals surface area contributed by atoms with Gasteiger partial charge in [-0.3, -0.25) is 4.79 Å². The second kappa shape index (κ2) is 9.56. The summed E-state index contributed by atoms with van der Waals surface area (Å²) in [6.07, 6.45) is 7.70. The van der Waals surface area contributed by atoms with Crippen LogP contribution in [-0.2, 0) is 21.4 Å². The molecule has 3 unspecified atom stereocenters. The molecule has 1 amide bonds. The van der Waals surface area contributed by atoms with E-state index in [2.05, 4.69) is 26.1 Å². The van der Waals surface area contributed by atoms with Gasteiger partial charge in [0.25, 0.3) is 0 Å². The summed E-state index contributed by atoms with van der Waals surface area (Å²) in [6.45, 7) is 8.46. The number of rotatable bonds is 6. The Morgan fingerprint density at radius 3 is 2.56 bits per heavy atom. The molecule has 3 atom stereocenters. The van der Waals surface area contributed by atoms with Gasteiger partial charge in [0.2, 0.25) is 15.9 Å². The lowest BCUT2D eigenvalue weighted by Crippen LogP contribution is -2.43. The summed E-state index contributed by atoms with van der Waals surface area (Å²) in [5, 5.41) is 4.14. The highest BCUT2D eigenvalue weighted by Gasteiger charge is 2.29. The zero-order valence-corrected chi connectivity index (χ0v) is 20.4. The van der Waals surface area contributed by atoms with Crippen LogP contribution >= 0.6 is 0 Å². The van der Waals surface area contributed by atoms with Gasteiger partial charge in [-0.1, -0.05) is 33.6 Å². The lowest BCUT2D eigenvalue weighted by molar-refractivity contribution is -0.122. The molecule has 1 saturated carbocycles. The van der Waals surface area contributed by atoms with Crippen LogP contribution in [0.2, 0.25) is 0 Å². The highest BCUT2D eigenvalue weighted by molar-refractivity contribution is 7.89. The Balaban J connectivity index is 1.40. The van der Waals surface area contributed by atoms with Crippen LogP contribution in [0.25, 0.3) is 10.9 Å². The van der Waals surface area contributed by atoms with Crippen molar-refractivity contribution >= 4 is 26.8 Å². The SMILES string of the molecule is CC1CCN(S(=O)(=O)c2ccc3c(ccn3CCC(=O)NC3CCCC(C)C3C)c2)CC1. The maximum Gasteiger partial charge on any atom is 0.243 e. The van der Waals surface area contributed by atoms with E-state index < -0.39 is 10.0 Å². The molecular formula is C25H37N3O3S. The number of aryl methyl sites for hydroxylation is 1. The highest BCUT2D eigenvalue weighted by Crippen LogP contribution is 2.30.